The van der Waals surface area contributed by atoms with Gasteiger partial charge in [0.2, 0.25) is 0 Å². The van der Waals surface area contributed by atoms with Crippen LogP contribution < -0.4 is 11.1 Å². The van der Waals surface area contributed by atoms with Crippen LogP contribution in [0.25, 0.3) is 0 Å². The number of anilines is 1. The number of nitrogen functional groups attached to an aromatic ring is 1. The van der Waals surface area contributed by atoms with E-state index in [1.54, 1.807) is 12.1 Å². The summed E-state index contributed by atoms with van der Waals surface area (Å²) in [6.45, 7) is 2.98. The van der Waals surface area contributed by atoms with Crippen LogP contribution in [0.4, 0.5) is 5.82 Å². The number of pyridine rings is 1. The van der Waals surface area contributed by atoms with Gasteiger partial charge in [0, 0.05) is 31.9 Å². The molecule has 1 saturated heterocycles. The maximum Gasteiger partial charge on any atom is 0.253 e. The third kappa shape index (κ3) is 4.29. The Bertz CT molecular complexity index is 634. The number of carbonyl (C=O) groups is 1. The summed E-state index contributed by atoms with van der Waals surface area (Å²) in [5, 5.41) is 3.09. The summed E-state index contributed by atoms with van der Waals surface area (Å²) >= 11 is 0. The minimum absolute atomic E-state index is 0.0704. The predicted molar refractivity (Wildman–Crippen MR) is 90.9 cm³/mol. The largest absolute Gasteiger partial charge is 0.384 e. The molecule has 5 heteroatoms. The highest BCUT2D eigenvalue weighted by Crippen LogP contribution is 2.14. The number of nitrogens with two attached hydrogens (primary N) is 1. The third-order valence-corrected chi connectivity index (χ3v) is 4.22. The van der Waals surface area contributed by atoms with Crippen LogP contribution >= 0.6 is 0 Å². The Morgan fingerprint density at radius 3 is 2.57 bits per heavy atom. The number of rotatable bonds is 4. The van der Waals surface area contributed by atoms with Crippen LogP contribution in [-0.4, -0.2) is 34.9 Å². The molecule has 3 N–H and O–H groups in total. The number of likely N-dealkylation sites (tertiary alicyclic amines) is 1. The molecule has 2 aromatic rings. The number of hydrogen-bond acceptors (Lipinski definition) is 4. The summed E-state index contributed by atoms with van der Waals surface area (Å²) in [5.41, 5.74) is 7.44. The first-order chi connectivity index (χ1) is 11.2. The van der Waals surface area contributed by atoms with E-state index in [2.05, 4.69) is 39.5 Å². The van der Waals surface area contributed by atoms with E-state index >= 15 is 0 Å². The molecule has 1 aromatic heterocycles. The Morgan fingerprint density at radius 1 is 1.17 bits per heavy atom. The molecule has 23 heavy (non-hydrogen) atoms. The van der Waals surface area contributed by atoms with Crippen molar-refractivity contribution >= 4 is 11.7 Å². The van der Waals surface area contributed by atoms with Gasteiger partial charge in [-0.25, -0.2) is 4.98 Å². The minimum atomic E-state index is -0.0704. The monoisotopic (exact) mass is 310 g/mol. The minimum Gasteiger partial charge on any atom is -0.384 e. The third-order valence-electron chi connectivity index (χ3n) is 4.22. The lowest BCUT2D eigenvalue weighted by Gasteiger charge is -2.32. The smallest absolute Gasteiger partial charge is 0.253 e. The standard InChI is InChI=1S/C18H22N4O/c19-17-7-6-15(12-20-17)18(23)21-16-8-10-22(11-9-16)13-14-4-2-1-3-5-14/h1-7,12,16H,8-11,13H2,(H2,19,20)(H,21,23). The Labute approximate surface area is 136 Å². The zero-order chi connectivity index (χ0) is 16.1. The first-order valence-electron chi connectivity index (χ1n) is 7.99. The Morgan fingerprint density at radius 2 is 1.91 bits per heavy atom. The van der Waals surface area contributed by atoms with Gasteiger partial charge in [-0.2, -0.15) is 0 Å². The van der Waals surface area contributed by atoms with Crippen LogP contribution in [0.3, 0.4) is 0 Å². The SMILES string of the molecule is Nc1ccc(C(=O)NC2CCN(Cc3ccccc3)CC2)cn1. The molecule has 0 spiro atoms. The second-order valence-electron chi connectivity index (χ2n) is 5.98. The van der Waals surface area contributed by atoms with Crippen molar-refractivity contribution in [2.45, 2.75) is 25.4 Å². The number of carbonyl (C=O) groups excluding carboxylic acids is 1. The molecule has 0 atom stereocenters. The molecule has 1 aliphatic rings. The van der Waals surface area contributed by atoms with E-state index in [1.807, 2.05) is 6.07 Å². The van der Waals surface area contributed by atoms with E-state index in [0.29, 0.717) is 11.4 Å². The van der Waals surface area contributed by atoms with Gasteiger partial charge in [-0.1, -0.05) is 30.3 Å². The molecule has 0 saturated carbocycles. The van der Waals surface area contributed by atoms with Crippen molar-refractivity contribution in [1.29, 1.82) is 0 Å². The normalized spacial score (nSPS) is 16.2. The average molecular weight is 310 g/mol. The van der Waals surface area contributed by atoms with Gasteiger partial charge in [-0.05, 0) is 30.5 Å². The Kier molecular flexibility index (Phi) is 4.88. The van der Waals surface area contributed by atoms with Crippen molar-refractivity contribution in [2.75, 3.05) is 18.8 Å². The van der Waals surface area contributed by atoms with Crippen molar-refractivity contribution in [3.63, 3.8) is 0 Å². The fraction of sp³-hybridized carbons (Fsp3) is 0.333. The molecule has 1 aliphatic heterocycles. The van der Waals surface area contributed by atoms with E-state index in [-0.39, 0.29) is 11.9 Å². The molecule has 120 valence electrons. The van der Waals surface area contributed by atoms with E-state index in [0.717, 1.165) is 32.5 Å². The summed E-state index contributed by atoms with van der Waals surface area (Å²) in [6.07, 6.45) is 3.47. The molecule has 3 rings (SSSR count). The van der Waals surface area contributed by atoms with Gasteiger partial charge in [0.25, 0.3) is 5.91 Å². The lowest BCUT2D eigenvalue weighted by atomic mass is 10.0. The van der Waals surface area contributed by atoms with Crippen LogP contribution in [0, 0.1) is 0 Å². The van der Waals surface area contributed by atoms with Gasteiger partial charge in [-0.3, -0.25) is 9.69 Å². The maximum atomic E-state index is 12.2. The average Bonchev–Trinajstić information content (AvgIpc) is 2.58. The highest BCUT2D eigenvalue weighted by atomic mass is 16.1. The molecule has 1 fully saturated rings. The molecular formula is C18H22N4O. The van der Waals surface area contributed by atoms with Crippen molar-refractivity contribution in [3.8, 4) is 0 Å². The van der Waals surface area contributed by atoms with Gasteiger partial charge in [-0.15, -0.1) is 0 Å². The van der Waals surface area contributed by atoms with E-state index in [9.17, 15) is 4.79 Å². The van der Waals surface area contributed by atoms with Crippen LogP contribution in [0.5, 0.6) is 0 Å². The lowest BCUT2D eigenvalue weighted by molar-refractivity contribution is 0.0908. The molecule has 0 aliphatic carbocycles. The van der Waals surface area contributed by atoms with E-state index in [4.69, 9.17) is 5.73 Å². The summed E-state index contributed by atoms with van der Waals surface area (Å²) in [6, 6.07) is 14.1. The van der Waals surface area contributed by atoms with Crippen molar-refractivity contribution in [1.82, 2.24) is 15.2 Å². The zero-order valence-corrected chi connectivity index (χ0v) is 13.1. The first kappa shape index (κ1) is 15.5. The number of nitrogens with one attached hydrogen (secondary N) is 1. The number of piperidine rings is 1. The van der Waals surface area contributed by atoms with Gasteiger partial charge >= 0.3 is 0 Å². The number of hydrogen-bond donors (Lipinski definition) is 2. The number of benzene rings is 1. The predicted octanol–water partition coefficient (Wildman–Crippen LogP) is 2.06. The van der Waals surface area contributed by atoms with Crippen LogP contribution in [-0.2, 0) is 6.54 Å². The van der Waals surface area contributed by atoms with Crippen LogP contribution in [0.2, 0.25) is 0 Å². The molecular weight excluding hydrogens is 288 g/mol. The fourth-order valence-electron chi connectivity index (χ4n) is 2.89. The summed E-state index contributed by atoms with van der Waals surface area (Å²) in [5.74, 6) is 0.356. The number of aromatic nitrogens is 1. The quantitative estimate of drug-likeness (QED) is 0.907. The highest BCUT2D eigenvalue weighted by molar-refractivity contribution is 5.94. The molecule has 1 amide bonds. The summed E-state index contributed by atoms with van der Waals surface area (Å²) in [7, 11) is 0. The van der Waals surface area contributed by atoms with E-state index in [1.165, 1.54) is 11.8 Å². The first-order valence-corrected chi connectivity index (χ1v) is 7.99. The van der Waals surface area contributed by atoms with Gasteiger partial charge in [0.1, 0.15) is 5.82 Å². The van der Waals surface area contributed by atoms with E-state index < -0.39 is 0 Å². The summed E-state index contributed by atoms with van der Waals surface area (Å²) in [4.78, 5) is 18.6. The lowest BCUT2D eigenvalue weighted by Crippen LogP contribution is -2.44. The van der Waals surface area contributed by atoms with Gasteiger partial charge in [0.15, 0.2) is 0 Å². The molecule has 2 heterocycles. The molecule has 0 bridgehead atoms. The molecule has 5 nitrogen and oxygen atoms in total. The maximum absolute atomic E-state index is 12.2. The number of nitrogens with zero attached hydrogens (tertiary/aromatic N) is 2. The van der Waals surface area contributed by atoms with Gasteiger partial charge < -0.3 is 11.1 Å². The fourth-order valence-corrected chi connectivity index (χ4v) is 2.89. The Balaban J connectivity index is 1.47. The summed E-state index contributed by atoms with van der Waals surface area (Å²) < 4.78 is 0. The topological polar surface area (TPSA) is 71.2 Å². The van der Waals surface area contributed by atoms with Gasteiger partial charge in [0.05, 0.1) is 5.56 Å². The molecule has 0 radical (unpaired) electrons. The van der Waals surface area contributed by atoms with Crippen molar-refractivity contribution in [3.05, 3.63) is 59.8 Å². The second-order valence-corrected chi connectivity index (χ2v) is 5.98. The van der Waals surface area contributed by atoms with Crippen molar-refractivity contribution < 1.29 is 4.79 Å². The van der Waals surface area contributed by atoms with Crippen molar-refractivity contribution in [2.24, 2.45) is 0 Å². The van der Waals surface area contributed by atoms with Crippen LogP contribution in [0.1, 0.15) is 28.8 Å². The van der Waals surface area contributed by atoms with Crippen LogP contribution in [0.15, 0.2) is 48.7 Å². The molecule has 0 unspecified atom stereocenters. The highest BCUT2D eigenvalue weighted by Gasteiger charge is 2.21. The number of amides is 1. The Hall–Kier alpha value is -2.40. The zero-order valence-electron chi connectivity index (χ0n) is 13.1. The molecule has 1 aromatic carbocycles. The second kappa shape index (κ2) is 7.24.